The summed E-state index contributed by atoms with van der Waals surface area (Å²) >= 11 is 0. The van der Waals surface area contributed by atoms with Crippen LogP contribution in [-0.2, 0) is 35.3 Å². The molecule has 166 valence electrons. The average Bonchev–Trinajstić information content (AvgIpc) is 3.13. The number of hydrogen-bond donors (Lipinski definition) is 1. The van der Waals surface area contributed by atoms with Crippen molar-refractivity contribution in [3.63, 3.8) is 0 Å². The van der Waals surface area contributed by atoms with Gasteiger partial charge < -0.3 is 14.8 Å². The number of rotatable bonds is 5. The van der Waals surface area contributed by atoms with E-state index in [1.54, 1.807) is 0 Å². The largest absolute Gasteiger partial charge is 0.433 e. The van der Waals surface area contributed by atoms with Crippen LogP contribution in [0.25, 0.3) is 0 Å². The first kappa shape index (κ1) is 21.3. The van der Waals surface area contributed by atoms with Crippen LogP contribution in [0.4, 0.5) is 0 Å². The Bertz CT molecular complexity index is 845. The van der Waals surface area contributed by atoms with Gasteiger partial charge in [-0.05, 0) is 31.2 Å². The van der Waals surface area contributed by atoms with Crippen molar-refractivity contribution in [2.24, 2.45) is 0 Å². The highest BCUT2D eigenvalue weighted by atomic mass is 16.7. The van der Waals surface area contributed by atoms with Crippen molar-refractivity contribution < 1.29 is 28.7 Å². The number of cyclic esters (lactones) is 1. The summed E-state index contributed by atoms with van der Waals surface area (Å²) in [5.74, 6) is -1.20. The lowest BCUT2D eigenvalue weighted by molar-refractivity contribution is -0.180. The fraction of sp³-hybridized carbons (Fsp3) is 0.545. The first-order chi connectivity index (χ1) is 15.0. The van der Waals surface area contributed by atoms with E-state index in [1.165, 1.54) is 10.0 Å². The molecule has 3 atom stereocenters. The SMILES string of the molecule is O=C1C[C@H](NC(=O)[C@@H]2CCCN3C(=O)CCCCC(=O)N23)C(OCc2ccccc2)O1. The van der Waals surface area contributed by atoms with Crippen molar-refractivity contribution >= 4 is 23.7 Å². The van der Waals surface area contributed by atoms with Crippen LogP contribution < -0.4 is 5.32 Å². The van der Waals surface area contributed by atoms with Crippen molar-refractivity contribution in [3.8, 4) is 0 Å². The molecular formula is C22H27N3O6. The third-order valence-corrected chi connectivity index (χ3v) is 5.83. The van der Waals surface area contributed by atoms with Gasteiger partial charge in [0.1, 0.15) is 12.1 Å². The summed E-state index contributed by atoms with van der Waals surface area (Å²) in [7, 11) is 0. The molecule has 4 rings (SSSR count). The van der Waals surface area contributed by atoms with Gasteiger partial charge >= 0.3 is 5.97 Å². The summed E-state index contributed by atoms with van der Waals surface area (Å²) in [4.78, 5) is 50.2. The van der Waals surface area contributed by atoms with Crippen LogP contribution in [0.5, 0.6) is 0 Å². The Morgan fingerprint density at radius 1 is 1.06 bits per heavy atom. The van der Waals surface area contributed by atoms with Crippen molar-refractivity contribution in [1.82, 2.24) is 15.3 Å². The van der Waals surface area contributed by atoms with Crippen molar-refractivity contribution in [2.45, 2.75) is 69.9 Å². The number of esters is 1. The first-order valence-electron chi connectivity index (χ1n) is 10.8. The predicted octanol–water partition coefficient (Wildman–Crippen LogP) is 1.27. The second kappa shape index (κ2) is 9.47. The zero-order chi connectivity index (χ0) is 21.8. The van der Waals surface area contributed by atoms with Gasteiger partial charge in [-0.25, -0.2) is 5.01 Å². The molecule has 0 spiro atoms. The second-order valence-electron chi connectivity index (χ2n) is 8.09. The number of amides is 3. The quantitative estimate of drug-likeness (QED) is 0.707. The molecule has 3 amide bonds. The van der Waals surface area contributed by atoms with E-state index in [-0.39, 0.29) is 24.8 Å². The topological polar surface area (TPSA) is 105 Å². The second-order valence-corrected chi connectivity index (χ2v) is 8.09. The minimum absolute atomic E-state index is 0.00545. The number of ether oxygens (including phenoxy) is 2. The molecule has 1 aromatic rings. The summed E-state index contributed by atoms with van der Waals surface area (Å²) in [5.41, 5.74) is 0.920. The zero-order valence-corrected chi connectivity index (χ0v) is 17.3. The van der Waals surface area contributed by atoms with Gasteiger partial charge in [0.15, 0.2) is 0 Å². The number of hydrogen-bond acceptors (Lipinski definition) is 6. The molecule has 9 heteroatoms. The number of benzene rings is 1. The van der Waals surface area contributed by atoms with Crippen LogP contribution in [0.2, 0.25) is 0 Å². The number of nitrogens with one attached hydrogen (secondary N) is 1. The van der Waals surface area contributed by atoms with Gasteiger partial charge in [-0.3, -0.25) is 24.2 Å². The van der Waals surface area contributed by atoms with Gasteiger partial charge in [-0.15, -0.1) is 0 Å². The third kappa shape index (κ3) is 4.87. The number of carbonyl (C=O) groups is 4. The van der Waals surface area contributed by atoms with Gasteiger partial charge in [-0.2, -0.15) is 0 Å². The maximum absolute atomic E-state index is 13.1. The van der Waals surface area contributed by atoms with E-state index in [9.17, 15) is 19.2 Å². The summed E-state index contributed by atoms with van der Waals surface area (Å²) in [6, 6.07) is 8.02. The van der Waals surface area contributed by atoms with Crippen LogP contribution in [0.1, 0.15) is 50.5 Å². The van der Waals surface area contributed by atoms with Crippen LogP contribution in [0.15, 0.2) is 30.3 Å². The summed E-state index contributed by atoms with van der Waals surface area (Å²) in [6.45, 7) is 0.670. The maximum Gasteiger partial charge on any atom is 0.310 e. The van der Waals surface area contributed by atoms with E-state index >= 15 is 0 Å². The smallest absolute Gasteiger partial charge is 0.310 e. The molecule has 0 saturated carbocycles. The van der Waals surface area contributed by atoms with Crippen LogP contribution in [0.3, 0.4) is 0 Å². The standard InChI is InChI=1S/C22H27N3O6/c26-18-10-4-5-11-19(27)25-17(9-6-12-24(18)25)21(29)23-16-13-20(28)31-22(16)30-14-15-7-2-1-3-8-15/h1-3,7-8,16-17,22H,4-6,9-14H2,(H,23,29)/t16-,17-,22?/m0/s1. The molecule has 1 unspecified atom stereocenters. The molecule has 3 aliphatic rings. The number of carbonyl (C=O) groups excluding carboxylic acids is 4. The van der Waals surface area contributed by atoms with Crippen LogP contribution in [-0.4, -0.2) is 58.6 Å². The Labute approximate surface area is 180 Å². The van der Waals surface area contributed by atoms with E-state index < -0.39 is 30.3 Å². The fourth-order valence-corrected chi connectivity index (χ4v) is 4.26. The molecule has 3 saturated heterocycles. The van der Waals surface area contributed by atoms with E-state index in [4.69, 9.17) is 9.47 Å². The Morgan fingerprint density at radius 2 is 1.81 bits per heavy atom. The molecule has 3 aliphatic heterocycles. The molecule has 3 heterocycles. The minimum Gasteiger partial charge on any atom is -0.433 e. The summed E-state index contributed by atoms with van der Waals surface area (Å²) < 4.78 is 11.0. The van der Waals surface area contributed by atoms with Gasteiger partial charge in [0, 0.05) is 19.4 Å². The molecule has 1 N–H and O–H groups in total. The Balaban J connectivity index is 1.43. The van der Waals surface area contributed by atoms with Crippen LogP contribution in [0, 0.1) is 0 Å². The average molecular weight is 429 g/mol. The molecule has 9 nitrogen and oxygen atoms in total. The number of fused-ring (bicyclic) bond motifs is 1. The monoisotopic (exact) mass is 429 g/mol. The Hall–Kier alpha value is -2.94. The summed E-state index contributed by atoms with van der Waals surface area (Å²) in [6.07, 6.45) is 2.16. The highest BCUT2D eigenvalue weighted by molar-refractivity contribution is 5.90. The lowest BCUT2D eigenvalue weighted by atomic mass is 10.0. The minimum atomic E-state index is -0.902. The Morgan fingerprint density at radius 3 is 2.58 bits per heavy atom. The van der Waals surface area contributed by atoms with Crippen molar-refractivity contribution in [2.75, 3.05) is 6.54 Å². The number of nitrogens with zero attached hydrogens (tertiary/aromatic N) is 2. The van der Waals surface area contributed by atoms with E-state index in [2.05, 4.69) is 5.32 Å². The lowest BCUT2D eigenvalue weighted by Gasteiger charge is -2.44. The normalized spacial score (nSPS) is 26.7. The van der Waals surface area contributed by atoms with Gasteiger partial charge in [0.05, 0.1) is 13.0 Å². The first-order valence-corrected chi connectivity index (χ1v) is 10.8. The van der Waals surface area contributed by atoms with E-state index in [0.717, 1.165) is 5.56 Å². The molecule has 1 aromatic carbocycles. The van der Waals surface area contributed by atoms with Gasteiger partial charge in [0.2, 0.25) is 24.0 Å². The molecule has 0 aliphatic carbocycles. The maximum atomic E-state index is 13.1. The molecular weight excluding hydrogens is 402 g/mol. The fourth-order valence-electron chi connectivity index (χ4n) is 4.26. The van der Waals surface area contributed by atoms with Gasteiger partial charge in [-0.1, -0.05) is 30.3 Å². The van der Waals surface area contributed by atoms with Crippen molar-refractivity contribution in [3.05, 3.63) is 35.9 Å². The lowest BCUT2D eigenvalue weighted by Crippen LogP contribution is -2.63. The highest BCUT2D eigenvalue weighted by Crippen LogP contribution is 2.25. The van der Waals surface area contributed by atoms with Gasteiger partial charge in [0.25, 0.3) is 0 Å². The molecule has 0 radical (unpaired) electrons. The number of hydrazine groups is 1. The summed E-state index contributed by atoms with van der Waals surface area (Å²) in [5, 5.41) is 5.58. The molecule has 0 bridgehead atoms. The van der Waals surface area contributed by atoms with E-state index in [0.29, 0.717) is 45.1 Å². The van der Waals surface area contributed by atoms with Crippen molar-refractivity contribution in [1.29, 1.82) is 0 Å². The molecule has 3 fully saturated rings. The Kier molecular flexibility index (Phi) is 6.50. The highest BCUT2D eigenvalue weighted by Gasteiger charge is 2.43. The van der Waals surface area contributed by atoms with Crippen LogP contribution >= 0.6 is 0 Å². The predicted molar refractivity (Wildman–Crippen MR) is 108 cm³/mol. The van der Waals surface area contributed by atoms with E-state index in [1.807, 2.05) is 30.3 Å². The molecule has 0 aromatic heterocycles. The third-order valence-electron chi connectivity index (χ3n) is 5.83. The zero-order valence-electron chi connectivity index (χ0n) is 17.3. The molecule has 31 heavy (non-hydrogen) atoms.